The average molecular weight is 288 g/mol. The van der Waals surface area contributed by atoms with Crippen LogP contribution in [0, 0.1) is 18.8 Å². The lowest BCUT2D eigenvalue weighted by Crippen LogP contribution is -1.92. The first-order valence-corrected chi connectivity index (χ1v) is 7.57. The van der Waals surface area contributed by atoms with Crippen LogP contribution in [0.2, 0.25) is 0 Å². The van der Waals surface area contributed by atoms with Crippen molar-refractivity contribution >= 4 is 5.78 Å². The predicted molar refractivity (Wildman–Crippen MR) is 91.8 cm³/mol. The zero-order chi connectivity index (χ0) is 15.6. The molecule has 0 aliphatic rings. The number of carbonyl (C=O) groups is 1. The molecule has 0 radical (unpaired) electrons. The van der Waals surface area contributed by atoms with Gasteiger partial charge in [-0.25, -0.2) is 0 Å². The van der Waals surface area contributed by atoms with Gasteiger partial charge in [-0.15, -0.1) is 0 Å². The third-order valence-electron chi connectivity index (χ3n) is 3.28. The summed E-state index contributed by atoms with van der Waals surface area (Å²) in [5, 5.41) is 0. The molecule has 1 nitrogen and oxygen atoms in total. The fourth-order valence-corrected chi connectivity index (χ4v) is 2.00. The maximum atomic E-state index is 11.8. The number of allylic oxidation sites excluding steroid dienone is 2. The first-order valence-electron chi connectivity index (χ1n) is 7.57. The lowest BCUT2D eigenvalue weighted by Gasteiger charge is -1.94. The molecule has 0 bridgehead atoms. The molecule has 2 rings (SSSR count). The monoisotopic (exact) mass is 288 g/mol. The van der Waals surface area contributed by atoms with Gasteiger partial charge in [0.2, 0.25) is 0 Å². The molecule has 22 heavy (non-hydrogen) atoms. The summed E-state index contributed by atoms with van der Waals surface area (Å²) in [6, 6.07) is 17.6. The third kappa shape index (κ3) is 5.42. The predicted octanol–water partition coefficient (Wildman–Crippen LogP) is 4.96. The Morgan fingerprint density at radius 3 is 2.50 bits per heavy atom. The summed E-state index contributed by atoms with van der Waals surface area (Å²) in [7, 11) is 0. The highest BCUT2D eigenvalue weighted by Crippen LogP contribution is 2.04. The molecule has 0 heterocycles. The fraction of sp³-hybridized carbons (Fsp3) is 0.190. The van der Waals surface area contributed by atoms with Crippen molar-refractivity contribution in [2.24, 2.45) is 0 Å². The first kappa shape index (κ1) is 15.8. The Kier molecular flexibility index (Phi) is 6.20. The lowest BCUT2D eigenvalue weighted by atomic mass is 10.1. The number of ketones is 1. The molecule has 0 saturated heterocycles. The second-order valence-electron chi connectivity index (χ2n) is 5.19. The molecule has 2 aromatic carbocycles. The topological polar surface area (TPSA) is 17.1 Å². The number of carbonyl (C=O) groups excluding carboxylic acids is 1. The molecule has 0 aliphatic carbocycles. The molecule has 0 aliphatic heterocycles. The van der Waals surface area contributed by atoms with Crippen LogP contribution in [0.15, 0.2) is 66.7 Å². The van der Waals surface area contributed by atoms with Crippen molar-refractivity contribution in [3.8, 4) is 11.8 Å². The second-order valence-corrected chi connectivity index (χ2v) is 5.19. The highest BCUT2D eigenvalue weighted by molar-refractivity contribution is 6.04. The number of hydrogen-bond acceptors (Lipinski definition) is 1. The Balaban J connectivity index is 1.70. The van der Waals surface area contributed by atoms with Gasteiger partial charge < -0.3 is 0 Å². The lowest BCUT2D eigenvalue weighted by molar-refractivity contribution is 0.104. The Morgan fingerprint density at radius 2 is 1.77 bits per heavy atom. The summed E-state index contributed by atoms with van der Waals surface area (Å²) >= 11 is 0. The van der Waals surface area contributed by atoms with Crippen LogP contribution < -0.4 is 0 Å². The Hall–Kier alpha value is -2.59. The van der Waals surface area contributed by atoms with Gasteiger partial charge in [-0.2, -0.15) is 0 Å². The zero-order valence-electron chi connectivity index (χ0n) is 12.9. The van der Waals surface area contributed by atoms with E-state index in [0.29, 0.717) is 0 Å². The minimum atomic E-state index is 0.0614. The third-order valence-corrected chi connectivity index (χ3v) is 3.28. The van der Waals surface area contributed by atoms with Crippen LogP contribution in [0.1, 0.15) is 40.7 Å². The molecule has 0 N–H and O–H groups in total. The van der Waals surface area contributed by atoms with Crippen molar-refractivity contribution in [3.63, 3.8) is 0 Å². The van der Waals surface area contributed by atoms with Crippen LogP contribution in [-0.4, -0.2) is 5.78 Å². The molecule has 0 atom stereocenters. The molecular formula is C21H20O. The van der Waals surface area contributed by atoms with E-state index in [1.807, 2.05) is 48.5 Å². The van der Waals surface area contributed by atoms with E-state index in [4.69, 9.17) is 0 Å². The average Bonchev–Trinajstić information content (AvgIpc) is 2.56. The summed E-state index contributed by atoms with van der Waals surface area (Å²) in [6.45, 7) is 2.07. The van der Waals surface area contributed by atoms with Crippen LogP contribution in [0.3, 0.4) is 0 Å². The van der Waals surface area contributed by atoms with Gasteiger partial charge in [-0.05, 0) is 38.0 Å². The Bertz CT molecular complexity index is 682. The largest absolute Gasteiger partial charge is 0.289 e. The highest BCUT2D eigenvalue weighted by Gasteiger charge is 1.98. The molecule has 1 heteroatoms. The Labute approximate surface area is 132 Å². The first-order chi connectivity index (χ1) is 10.8. The van der Waals surface area contributed by atoms with Crippen molar-refractivity contribution in [2.45, 2.75) is 26.2 Å². The standard InChI is InChI=1S/C21H20O/c1-18-14-16-19(17-15-18)10-6-3-2-4-9-13-21(22)20-11-7-5-8-12-20/h5,7-9,11-17H,2-4H2,1H3/b13-9+. The highest BCUT2D eigenvalue weighted by atomic mass is 16.1. The molecule has 2 aromatic rings. The molecular weight excluding hydrogens is 268 g/mol. The van der Waals surface area contributed by atoms with Crippen molar-refractivity contribution in [3.05, 3.63) is 83.4 Å². The molecule has 0 saturated carbocycles. The molecule has 0 unspecified atom stereocenters. The van der Waals surface area contributed by atoms with Gasteiger partial charge in [-0.1, -0.05) is 65.9 Å². The smallest absolute Gasteiger partial charge is 0.185 e. The normalized spacial score (nSPS) is 10.2. The van der Waals surface area contributed by atoms with E-state index in [0.717, 1.165) is 30.4 Å². The van der Waals surface area contributed by atoms with Crippen molar-refractivity contribution in [1.82, 2.24) is 0 Å². The number of hydrogen-bond donors (Lipinski definition) is 0. The second kappa shape index (κ2) is 8.64. The minimum absolute atomic E-state index is 0.0614. The number of unbranched alkanes of at least 4 members (excludes halogenated alkanes) is 2. The van der Waals surface area contributed by atoms with E-state index in [9.17, 15) is 4.79 Å². The van der Waals surface area contributed by atoms with Gasteiger partial charge in [0.25, 0.3) is 0 Å². The van der Waals surface area contributed by atoms with Crippen molar-refractivity contribution in [1.29, 1.82) is 0 Å². The van der Waals surface area contributed by atoms with Crippen LogP contribution in [-0.2, 0) is 0 Å². The van der Waals surface area contributed by atoms with E-state index in [2.05, 4.69) is 30.9 Å². The molecule has 110 valence electrons. The molecule has 0 fully saturated rings. The van der Waals surface area contributed by atoms with E-state index < -0.39 is 0 Å². The van der Waals surface area contributed by atoms with Crippen LogP contribution in [0.4, 0.5) is 0 Å². The van der Waals surface area contributed by atoms with Gasteiger partial charge in [0.1, 0.15) is 0 Å². The van der Waals surface area contributed by atoms with Gasteiger partial charge in [0.05, 0.1) is 0 Å². The maximum absolute atomic E-state index is 11.8. The summed E-state index contributed by atoms with van der Waals surface area (Å²) in [5.41, 5.74) is 3.04. The van der Waals surface area contributed by atoms with Gasteiger partial charge in [-0.3, -0.25) is 4.79 Å². The molecule has 0 aromatic heterocycles. The number of rotatable bonds is 5. The van der Waals surface area contributed by atoms with E-state index in [-0.39, 0.29) is 5.78 Å². The minimum Gasteiger partial charge on any atom is -0.289 e. The summed E-state index contributed by atoms with van der Waals surface area (Å²) in [5.74, 6) is 6.39. The van der Waals surface area contributed by atoms with E-state index in [1.54, 1.807) is 6.08 Å². The van der Waals surface area contributed by atoms with Crippen LogP contribution in [0.5, 0.6) is 0 Å². The van der Waals surface area contributed by atoms with E-state index >= 15 is 0 Å². The van der Waals surface area contributed by atoms with Crippen LogP contribution in [0.25, 0.3) is 0 Å². The summed E-state index contributed by atoms with van der Waals surface area (Å²) in [4.78, 5) is 11.8. The summed E-state index contributed by atoms with van der Waals surface area (Å²) in [6.07, 6.45) is 6.28. The van der Waals surface area contributed by atoms with E-state index in [1.165, 1.54) is 5.56 Å². The number of aryl methyl sites for hydroxylation is 1. The molecule has 0 amide bonds. The van der Waals surface area contributed by atoms with Gasteiger partial charge >= 0.3 is 0 Å². The Morgan fingerprint density at radius 1 is 1.05 bits per heavy atom. The molecule has 0 spiro atoms. The van der Waals surface area contributed by atoms with Crippen LogP contribution >= 0.6 is 0 Å². The SMILES string of the molecule is Cc1ccc(C#CCCC/C=C/C(=O)c2ccccc2)cc1. The number of benzene rings is 2. The maximum Gasteiger partial charge on any atom is 0.185 e. The fourth-order valence-electron chi connectivity index (χ4n) is 2.00. The van der Waals surface area contributed by atoms with Gasteiger partial charge in [0.15, 0.2) is 5.78 Å². The quantitative estimate of drug-likeness (QED) is 0.329. The van der Waals surface area contributed by atoms with Gasteiger partial charge in [0, 0.05) is 17.5 Å². The van der Waals surface area contributed by atoms with Crippen molar-refractivity contribution in [2.75, 3.05) is 0 Å². The zero-order valence-corrected chi connectivity index (χ0v) is 12.9. The summed E-state index contributed by atoms with van der Waals surface area (Å²) < 4.78 is 0. The van der Waals surface area contributed by atoms with Crippen molar-refractivity contribution < 1.29 is 4.79 Å².